The molecule has 5 heteroatoms. The fourth-order valence-electron chi connectivity index (χ4n) is 2.13. The molecule has 0 saturated carbocycles. The fourth-order valence-corrected chi connectivity index (χ4v) is 2.30. The summed E-state index contributed by atoms with van der Waals surface area (Å²) in [6, 6.07) is 7.56. The molecular weight excluding hydrogens is 274 g/mol. The molecule has 1 aliphatic heterocycles. The Bertz CT molecular complexity index is 433. The lowest BCUT2D eigenvalue weighted by molar-refractivity contribution is -0.0341. The average Bonchev–Trinajstić information content (AvgIpc) is 2.48. The molecule has 1 heterocycles. The molecule has 0 unspecified atom stereocenters. The molecule has 0 aliphatic carbocycles. The highest BCUT2D eigenvalue weighted by Gasteiger charge is 2.13. The van der Waals surface area contributed by atoms with Crippen LogP contribution in [0.3, 0.4) is 0 Å². The monoisotopic (exact) mass is 295 g/mol. The van der Waals surface area contributed by atoms with Crippen LogP contribution in [-0.2, 0) is 9.47 Å². The van der Waals surface area contributed by atoms with Crippen LogP contribution in [0.5, 0.6) is 5.75 Å². The van der Waals surface area contributed by atoms with E-state index in [0.29, 0.717) is 24.3 Å². The summed E-state index contributed by atoms with van der Waals surface area (Å²) in [4.78, 5) is 0.360. The van der Waals surface area contributed by atoms with E-state index >= 15 is 0 Å². The second kappa shape index (κ2) is 8.19. The zero-order valence-electron chi connectivity index (χ0n) is 11.5. The van der Waals surface area contributed by atoms with Gasteiger partial charge in [0.25, 0.3) is 0 Å². The van der Waals surface area contributed by atoms with Crippen molar-refractivity contribution in [1.29, 1.82) is 0 Å². The van der Waals surface area contributed by atoms with Crippen molar-refractivity contribution in [2.75, 3.05) is 26.4 Å². The van der Waals surface area contributed by atoms with Crippen LogP contribution in [0.25, 0.3) is 0 Å². The van der Waals surface area contributed by atoms with Crippen molar-refractivity contribution in [2.45, 2.75) is 25.4 Å². The van der Waals surface area contributed by atoms with Crippen molar-refractivity contribution < 1.29 is 14.2 Å². The molecule has 0 radical (unpaired) electrons. The number of rotatable bonds is 7. The van der Waals surface area contributed by atoms with Crippen molar-refractivity contribution in [3.05, 3.63) is 29.8 Å². The SMILES string of the molecule is NC(=S)c1ccccc1OCCCOC1CCOCC1. The summed E-state index contributed by atoms with van der Waals surface area (Å²) in [7, 11) is 0. The van der Waals surface area contributed by atoms with Gasteiger partial charge in [-0.25, -0.2) is 0 Å². The largest absolute Gasteiger partial charge is 0.493 e. The summed E-state index contributed by atoms with van der Waals surface area (Å²) >= 11 is 5.00. The average molecular weight is 295 g/mol. The third kappa shape index (κ3) is 4.74. The molecule has 4 nitrogen and oxygen atoms in total. The first-order chi connectivity index (χ1) is 9.77. The van der Waals surface area contributed by atoms with Gasteiger partial charge in [0.15, 0.2) is 0 Å². The molecule has 1 fully saturated rings. The van der Waals surface area contributed by atoms with E-state index in [2.05, 4.69) is 0 Å². The number of hydrogen-bond acceptors (Lipinski definition) is 4. The Hall–Kier alpha value is -1.17. The standard InChI is InChI=1S/C15H21NO3S/c16-15(20)13-4-1-2-5-14(13)19-9-3-8-18-12-6-10-17-11-7-12/h1-2,4-5,12H,3,6-11H2,(H2,16,20). The Morgan fingerprint density at radius 2 is 2.00 bits per heavy atom. The van der Waals surface area contributed by atoms with Crippen LogP contribution in [-0.4, -0.2) is 37.5 Å². The van der Waals surface area contributed by atoms with Gasteiger partial charge in [-0.2, -0.15) is 0 Å². The van der Waals surface area contributed by atoms with Crippen LogP contribution in [0.15, 0.2) is 24.3 Å². The minimum absolute atomic E-state index is 0.340. The smallest absolute Gasteiger partial charge is 0.129 e. The lowest BCUT2D eigenvalue weighted by Crippen LogP contribution is -2.24. The molecule has 0 spiro atoms. The summed E-state index contributed by atoms with van der Waals surface area (Å²) in [5.74, 6) is 0.742. The van der Waals surface area contributed by atoms with Crippen LogP contribution in [0.2, 0.25) is 0 Å². The molecule has 1 aromatic rings. The van der Waals surface area contributed by atoms with Crippen LogP contribution in [0, 0.1) is 0 Å². The molecule has 0 amide bonds. The minimum Gasteiger partial charge on any atom is -0.493 e. The first kappa shape index (κ1) is 15.2. The summed E-state index contributed by atoms with van der Waals surface area (Å²) in [5, 5.41) is 0. The van der Waals surface area contributed by atoms with E-state index in [-0.39, 0.29) is 0 Å². The Morgan fingerprint density at radius 3 is 2.75 bits per heavy atom. The second-order valence-electron chi connectivity index (χ2n) is 4.74. The number of para-hydroxylation sites is 1. The molecule has 0 bridgehead atoms. The van der Waals surface area contributed by atoms with Gasteiger partial charge in [-0.3, -0.25) is 0 Å². The van der Waals surface area contributed by atoms with Crippen molar-refractivity contribution in [3.63, 3.8) is 0 Å². The Kier molecular flexibility index (Phi) is 6.24. The lowest BCUT2D eigenvalue weighted by atomic mass is 10.1. The predicted octanol–water partition coefficient (Wildman–Crippen LogP) is 2.29. The Balaban J connectivity index is 1.67. The van der Waals surface area contributed by atoms with Gasteiger partial charge in [0, 0.05) is 19.6 Å². The molecule has 0 atom stereocenters. The third-order valence-electron chi connectivity index (χ3n) is 3.22. The summed E-state index contributed by atoms with van der Waals surface area (Å²) in [6.07, 6.45) is 3.17. The Morgan fingerprint density at radius 1 is 1.25 bits per heavy atom. The Labute approximate surface area is 125 Å². The number of hydrogen-bond donors (Lipinski definition) is 1. The van der Waals surface area contributed by atoms with Gasteiger partial charge in [-0.1, -0.05) is 24.4 Å². The van der Waals surface area contributed by atoms with E-state index in [0.717, 1.165) is 43.8 Å². The first-order valence-corrected chi connectivity index (χ1v) is 7.39. The summed E-state index contributed by atoms with van der Waals surface area (Å²) < 4.78 is 16.8. The van der Waals surface area contributed by atoms with Crippen molar-refractivity contribution in [3.8, 4) is 5.75 Å². The normalized spacial score (nSPS) is 16.0. The molecular formula is C15H21NO3S. The molecule has 1 saturated heterocycles. The molecule has 0 aromatic heterocycles. The number of ether oxygens (including phenoxy) is 3. The third-order valence-corrected chi connectivity index (χ3v) is 3.44. The fraction of sp³-hybridized carbons (Fsp3) is 0.533. The van der Waals surface area contributed by atoms with E-state index in [9.17, 15) is 0 Å². The van der Waals surface area contributed by atoms with Crippen molar-refractivity contribution in [2.24, 2.45) is 5.73 Å². The number of nitrogens with two attached hydrogens (primary N) is 1. The van der Waals surface area contributed by atoms with Crippen LogP contribution in [0.1, 0.15) is 24.8 Å². The van der Waals surface area contributed by atoms with Gasteiger partial charge in [-0.05, 0) is 25.0 Å². The minimum atomic E-state index is 0.340. The molecule has 2 rings (SSSR count). The van der Waals surface area contributed by atoms with Gasteiger partial charge in [0.1, 0.15) is 10.7 Å². The maximum Gasteiger partial charge on any atom is 0.129 e. The highest BCUT2D eigenvalue weighted by atomic mass is 32.1. The van der Waals surface area contributed by atoms with Crippen molar-refractivity contribution >= 4 is 17.2 Å². The van der Waals surface area contributed by atoms with E-state index in [1.54, 1.807) is 0 Å². The molecule has 1 aliphatic rings. The topological polar surface area (TPSA) is 53.7 Å². The van der Waals surface area contributed by atoms with Crippen LogP contribution in [0.4, 0.5) is 0 Å². The zero-order chi connectivity index (χ0) is 14.2. The molecule has 20 heavy (non-hydrogen) atoms. The van der Waals surface area contributed by atoms with Crippen molar-refractivity contribution in [1.82, 2.24) is 0 Å². The lowest BCUT2D eigenvalue weighted by Gasteiger charge is -2.22. The van der Waals surface area contributed by atoms with Crippen LogP contribution < -0.4 is 10.5 Å². The van der Waals surface area contributed by atoms with E-state index in [4.69, 9.17) is 32.2 Å². The van der Waals surface area contributed by atoms with Gasteiger partial charge >= 0.3 is 0 Å². The maximum atomic E-state index is 5.79. The summed E-state index contributed by atoms with van der Waals surface area (Å²) in [6.45, 7) is 2.92. The predicted molar refractivity (Wildman–Crippen MR) is 82.2 cm³/mol. The number of benzene rings is 1. The molecule has 1 aromatic carbocycles. The second-order valence-corrected chi connectivity index (χ2v) is 5.18. The van der Waals surface area contributed by atoms with Gasteiger partial charge in [0.05, 0.1) is 24.9 Å². The van der Waals surface area contributed by atoms with Gasteiger partial charge in [-0.15, -0.1) is 0 Å². The quantitative estimate of drug-likeness (QED) is 0.618. The maximum absolute atomic E-state index is 5.79. The van der Waals surface area contributed by atoms with Gasteiger partial charge < -0.3 is 19.9 Å². The highest BCUT2D eigenvalue weighted by molar-refractivity contribution is 7.80. The molecule has 110 valence electrons. The van der Waals surface area contributed by atoms with Crippen LogP contribution >= 0.6 is 12.2 Å². The molecule has 2 N–H and O–H groups in total. The number of thiocarbonyl (C=S) groups is 1. The summed E-state index contributed by atoms with van der Waals surface area (Å²) in [5.41, 5.74) is 6.44. The van der Waals surface area contributed by atoms with Gasteiger partial charge in [0.2, 0.25) is 0 Å². The first-order valence-electron chi connectivity index (χ1n) is 6.98. The highest BCUT2D eigenvalue weighted by Crippen LogP contribution is 2.18. The van der Waals surface area contributed by atoms with E-state index in [1.807, 2.05) is 24.3 Å². The van der Waals surface area contributed by atoms with E-state index in [1.165, 1.54) is 0 Å². The van der Waals surface area contributed by atoms with E-state index < -0.39 is 0 Å². The zero-order valence-corrected chi connectivity index (χ0v) is 12.4.